The van der Waals surface area contributed by atoms with Gasteiger partial charge in [0.1, 0.15) is 0 Å². The highest BCUT2D eigenvalue weighted by atomic mass is 35.5. The van der Waals surface area contributed by atoms with E-state index < -0.39 is 0 Å². The van der Waals surface area contributed by atoms with Crippen LogP contribution in [0.2, 0.25) is 5.02 Å². The molecule has 0 saturated carbocycles. The van der Waals surface area contributed by atoms with Crippen LogP contribution in [0.3, 0.4) is 0 Å². The summed E-state index contributed by atoms with van der Waals surface area (Å²) >= 11 is 7.57. The zero-order chi connectivity index (χ0) is 12.9. The number of hydrogen-bond acceptors (Lipinski definition) is 3. The normalized spacial score (nSPS) is 11.3. The van der Waals surface area contributed by atoms with Crippen molar-refractivity contribution in [3.63, 3.8) is 0 Å². The average Bonchev–Trinajstić information content (AvgIpc) is 2.35. The van der Waals surface area contributed by atoms with Crippen molar-refractivity contribution in [1.29, 1.82) is 0 Å². The van der Waals surface area contributed by atoms with Crippen LogP contribution in [0, 0.1) is 13.8 Å². The number of halogens is 1. The van der Waals surface area contributed by atoms with Gasteiger partial charge in [-0.15, -0.1) is 11.3 Å². The number of fused-ring (bicyclic) bond motifs is 2. The molecule has 0 bridgehead atoms. The predicted octanol–water partition coefficient (Wildman–Crippen LogP) is 4.03. The number of rotatable bonds is 0. The van der Waals surface area contributed by atoms with E-state index in [1.807, 2.05) is 32.0 Å². The van der Waals surface area contributed by atoms with Crippen molar-refractivity contribution < 1.29 is 0 Å². The smallest absolute Gasteiger partial charge is 0.199 e. The summed E-state index contributed by atoms with van der Waals surface area (Å²) in [5, 5.41) is 0.272. The van der Waals surface area contributed by atoms with Gasteiger partial charge in [-0.3, -0.25) is 4.79 Å². The second kappa shape index (κ2) is 4.04. The lowest BCUT2D eigenvalue weighted by Crippen LogP contribution is -2.05. The highest BCUT2D eigenvalue weighted by molar-refractivity contribution is 7.21. The molecule has 0 fully saturated rings. The zero-order valence-corrected chi connectivity index (χ0v) is 11.5. The quantitative estimate of drug-likeness (QED) is 0.580. The summed E-state index contributed by atoms with van der Waals surface area (Å²) in [6, 6.07) is 7.70. The molecule has 2 aliphatic rings. The second-order valence-corrected chi connectivity index (χ2v) is 5.81. The maximum atomic E-state index is 11.7. The fraction of sp³-hybridized carbons (Fsp3) is 0.143. The molecule has 0 atom stereocenters. The van der Waals surface area contributed by atoms with Crippen molar-refractivity contribution in [2.24, 2.45) is 0 Å². The third-order valence-corrected chi connectivity index (χ3v) is 4.53. The highest BCUT2D eigenvalue weighted by Gasteiger charge is 2.15. The molecule has 1 aromatic carbocycles. The van der Waals surface area contributed by atoms with Crippen LogP contribution in [0.1, 0.15) is 11.1 Å². The Hall–Kier alpha value is -1.45. The van der Waals surface area contributed by atoms with E-state index in [0.29, 0.717) is 0 Å². The molecule has 1 aliphatic heterocycles. The Labute approximate surface area is 113 Å². The molecule has 3 rings (SSSR count). The molecule has 0 spiro atoms. The van der Waals surface area contributed by atoms with E-state index in [1.165, 1.54) is 5.56 Å². The zero-order valence-electron chi connectivity index (χ0n) is 9.95. The number of nitrogens with zero attached hydrogens (tertiary/aromatic N) is 1. The molecular formula is C14H10ClNOS. The van der Waals surface area contributed by atoms with Gasteiger partial charge in [-0.25, -0.2) is 4.98 Å². The lowest BCUT2D eigenvalue weighted by Gasteiger charge is -2.10. The van der Waals surface area contributed by atoms with Crippen LogP contribution in [0.4, 0.5) is 0 Å². The first-order valence-electron chi connectivity index (χ1n) is 5.56. The van der Waals surface area contributed by atoms with Crippen LogP contribution < -0.4 is 5.43 Å². The third kappa shape index (κ3) is 1.71. The Kier molecular flexibility index (Phi) is 2.61. The lowest BCUT2D eigenvalue weighted by molar-refractivity contribution is 1.32. The summed E-state index contributed by atoms with van der Waals surface area (Å²) in [5.74, 6) is 0. The first-order chi connectivity index (χ1) is 8.56. The predicted molar refractivity (Wildman–Crippen MR) is 77.0 cm³/mol. The summed E-state index contributed by atoms with van der Waals surface area (Å²) in [4.78, 5) is 17.2. The number of hydrogen-bond donors (Lipinski definition) is 0. The molecule has 0 radical (unpaired) electrons. The molecule has 0 aromatic heterocycles. The molecule has 90 valence electrons. The van der Waals surface area contributed by atoms with Gasteiger partial charge in [0.2, 0.25) is 0 Å². The largest absolute Gasteiger partial charge is 0.288 e. The lowest BCUT2D eigenvalue weighted by atomic mass is 10.1. The number of benzene rings is 2. The molecule has 18 heavy (non-hydrogen) atoms. The van der Waals surface area contributed by atoms with Crippen molar-refractivity contribution in [2.45, 2.75) is 13.8 Å². The average molecular weight is 276 g/mol. The SMILES string of the molecule is Cc1ccc2sc3cc(=O)c(Cl)c(C)c-3nc2c1. The van der Waals surface area contributed by atoms with E-state index in [1.54, 1.807) is 17.4 Å². The number of aryl methyl sites for hydroxylation is 1. The third-order valence-electron chi connectivity index (χ3n) is 2.96. The van der Waals surface area contributed by atoms with Crippen LogP contribution in [-0.2, 0) is 0 Å². The summed E-state index contributed by atoms with van der Waals surface area (Å²) in [6.07, 6.45) is 0. The molecule has 0 N–H and O–H groups in total. The van der Waals surface area contributed by atoms with Gasteiger partial charge >= 0.3 is 0 Å². The fourth-order valence-corrected chi connectivity index (χ4v) is 3.17. The molecule has 1 aliphatic carbocycles. The molecule has 0 unspecified atom stereocenters. The minimum absolute atomic E-state index is 0.133. The minimum Gasteiger partial charge on any atom is -0.288 e. The van der Waals surface area contributed by atoms with Gasteiger partial charge in [0.15, 0.2) is 5.43 Å². The topological polar surface area (TPSA) is 30.0 Å². The Bertz CT molecular complexity index is 794. The summed E-state index contributed by atoms with van der Waals surface area (Å²) in [6.45, 7) is 3.88. The maximum absolute atomic E-state index is 11.7. The Morgan fingerprint density at radius 2 is 2.00 bits per heavy atom. The van der Waals surface area contributed by atoms with E-state index in [9.17, 15) is 4.79 Å². The first kappa shape index (κ1) is 11.6. The van der Waals surface area contributed by atoms with Gasteiger partial charge < -0.3 is 0 Å². The van der Waals surface area contributed by atoms with E-state index >= 15 is 0 Å². The van der Waals surface area contributed by atoms with Crippen LogP contribution in [-0.4, -0.2) is 4.98 Å². The van der Waals surface area contributed by atoms with E-state index in [2.05, 4.69) is 4.98 Å². The Morgan fingerprint density at radius 1 is 1.22 bits per heavy atom. The van der Waals surface area contributed by atoms with Crippen molar-refractivity contribution in [3.05, 3.63) is 50.6 Å². The standard InChI is InChI=1S/C14H10ClNOS/c1-7-3-4-11-9(5-7)16-14-8(2)13(15)10(17)6-12(14)18-11/h3-6H,1-2H3. The maximum Gasteiger partial charge on any atom is 0.199 e. The van der Waals surface area contributed by atoms with Gasteiger partial charge in [0.25, 0.3) is 0 Å². The van der Waals surface area contributed by atoms with Crippen molar-refractivity contribution in [2.75, 3.05) is 0 Å². The summed E-state index contributed by atoms with van der Waals surface area (Å²) in [7, 11) is 0. The van der Waals surface area contributed by atoms with Gasteiger partial charge in [0.05, 0.1) is 25.8 Å². The van der Waals surface area contributed by atoms with Gasteiger partial charge in [-0.2, -0.15) is 0 Å². The van der Waals surface area contributed by atoms with E-state index in [4.69, 9.17) is 11.6 Å². The Balaban J connectivity index is 2.50. The van der Waals surface area contributed by atoms with E-state index in [-0.39, 0.29) is 10.5 Å². The molecule has 4 heteroatoms. The van der Waals surface area contributed by atoms with Crippen molar-refractivity contribution >= 4 is 33.2 Å². The summed E-state index contributed by atoms with van der Waals surface area (Å²) in [5.41, 5.74) is 3.57. The monoisotopic (exact) mass is 275 g/mol. The van der Waals surface area contributed by atoms with Crippen LogP contribution in [0.15, 0.2) is 29.1 Å². The molecule has 0 saturated heterocycles. The minimum atomic E-state index is -0.133. The van der Waals surface area contributed by atoms with Crippen LogP contribution in [0.5, 0.6) is 0 Å². The molecule has 1 heterocycles. The fourth-order valence-electron chi connectivity index (χ4n) is 1.98. The van der Waals surface area contributed by atoms with Gasteiger partial charge in [-0.05, 0) is 37.1 Å². The highest BCUT2D eigenvalue weighted by Crippen LogP contribution is 2.33. The van der Waals surface area contributed by atoms with Gasteiger partial charge in [-0.1, -0.05) is 17.7 Å². The van der Waals surface area contributed by atoms with Gasteiger partial charge in [0, 0.05) is 6.07 Å². The van der Waals surface area contributed by atoms with Crippen molar-refractivity contribution in [1.82, 2.24) is 4.98 Å². The first-order valence-corrected chi connectivity index (χ1v) is 6.76. The van der Waals surface area contributed by atoms with Crippen LogP contribution in [0.25, 0.3) is 20.8 Å². The van der Waals surface area contributed by atoms with Crippen LogP contribution >= 0.6 is 22.9 Å². The molecule has 0 amide bonds. The Morgan fingerprint density at radius 3 is 2.78 bits per heavy atom. The molecular weight excluding hydrogens is 266 g/mol. The molecule has 2 nitrogen and oxygen atoms in total. The van der Waals surface area contributed by atoms with Crippen molar-refractivity contribution in [3.8, 4) is 10.6 Å². The second-order valence-electron chi connectivity index (χ2n) is 4.35. The van der Waals surface area contributed by atoms with E-state index in [0.717, 1.165) is 26.4 Å². The number of aromatic nitrogens is 1. The summed E-state index contributed by atoms with van der Waals surface area (Å²) < 4.78 is 1.08. The molecule has 1 aromatic rings.